The largest absolute Gasteiger partial charge is 0.460 e. The van der Waals surface area contributed by atoms with Crippen LogP contribution in [-0.4, -0.2) is 88.2 Å². The third kappa shape index (κ3) is 5.26. The number of allylic oxidation sites excluding steroid dienone is 1. The molecule has 0 aliphatic carbocycles. The number of nitrogens with one attached hydrogen (secondary N) is 1. The van der Waals surface area contributed by atoms with Crippen LogP contribution in [0.3, 0.4) is 0 Å². The minimum Gasteiger partial charge on any atom is -0.460 e. The summed E-state index contributed by atoms with van der Waals surface area (Å²) in [7, 11) is 0. The van der Waals surface area contributed by atoms with Gasteiger partial charge in [0.25, 0.3) is 0 Å². The first-order valence-electron chi connectivity index (χ1n) is 15.0. The number of hydrogen-bond donors (Lipinski definition) is 2. The molecule has 2 fully saturated rings. The molecule has 4 aliphatic heterocycles. The molecule has 0 saturated carbocycles. The Morgan fingerprint density at radius 2 is 1.88 bits per heavy atom. The van der Waals surface area contributed by atoms with E-state index in [9.17, 15) is 24.3 Å². The maximum atomic E-state index is 14.6. The van der Waals surface area contributed by atoms with Crippen LogP contribution >= 0.6 is 0 Å². The van der Waals surface area contributed by atoms with Crippen LogP contribution in [0.4, 0.5) is 0 Å². The molecule has 3 amide bonds. The highest BCUT2D eigenvalue weighted by Gasteiger charge is 2.72. The van der Waals surface area contributed by atoms with Crippen LogP contribution in [-0.2, 0) is 28.7 Å². The standard InChI is InChI=1S/C32H41N3O7/c1-4-11-20(2)34-17-10-16-32-27(26-24(42-32)14-8-9-15-25(37)33-18-21(3)41-31(26)40)29(38)35(28(32)30(34)39)23(19-36)22-12-6-5-7-13-22/h5-8,10,12-14,16,20-21,23-24,26-28,36H,4,9,11,15,17-19H2,1-3H3,(H,33,37)/b14-8-/t20?,21-,23+,24-,26+,27+,28-,32+/m0/s1. The number of aliphatic hydroxyl groups excluding tert-OH is 1. The van der Waals surface area contributed by atoms with Gasteiger partial charge in [-0.1, -0.05) is 68.0 Å². The highest BCUT2D eigenvalue weighted by atomic mass is 16.6. The molecular formula is C32H41N3O7. The van der Waals surface area contributed by atoms with E-state index < -0.39 is 60.2 Å². The molecule has 8 atom stereocenters. The lowest BCUT2D eigenvalue weighted by Crippen LogP contribution is -2.57. The van der Waals surface area contributed by atoms with E-state index in [2.05, 4.69) is 12.2 Å². The highest BCUT2D eigenvalue weighted by Crippen LogP contribution is 2.55. The second kappa shape index (κ2) is 12.4. The summed E-state index contributed by atoms with van der Waals surface area (Å²) in [5, 5.41) is 13.4. The number of hydrogen-bond acceptors (Lipinski definition) is 7. The Labute approximate surface area is 246 Å². The maximum absolute atomic E-state index is 14.6. The summed E-state index contributed by atoms with van der Waals surface area (Å²) in [6.07, 6.45) is 8.03. The van der Waals surface area contributed by atoms with Crippen molar-refractivity contribution in [3.63, 3.8) is 0 Å². The molecule has 1 aromatic rings. The Bertz CT molecular complexity index is 1250. The van der Waals surface area contributed by atoms with E-state index in [-0.39, 0.29) is 30.8 Å². The summed E-state index contributed by atoms with van der Waals surface area (Å²) in [5.41, 5.74) is -0.771. The zero-order valence-electron chi connectivity index (χ0n) is 24.5. The average molecular weight is 580 g/mol. The summed E-state index contributed by atoms with van der Waals surface area (Å²) in [5.74, 6) is -3.55. The van der Waals surface area contributed by atoms with E-state index in [0.29, 0.717) is 18.5 Å². The quantitative estimate of drug-likeness (QED) is 0.391. The van der Waals surface area contributed by atoms with Crippen LogP contribution in [0, 0.1) is 11.8 Å². The summed E-state index contributed by atoms with van der Waals surface area (Å²) in [6.45, 7) is 5.81. The smallest absolute Gasteiger partial charge is 0.313 e. The molecule has 1 aromatic carbocycles. The normalized spacial score (nSPS) is 33.8. The molecule has 10 nitrogen and oxygen atoms in total. The number of aliphatic hydroxyl groups is 1. The van der Waals surface area contributed by atoms with E-state index in [1.165, 1.54) is 4.90 Å². The van der Waals surface area contributed by atoms with E-state index in [4.69, 9.17) is 9.47 Å². The molecule has 2 N–H and O–H groups in total. The fourth-order valence-electron chi connectivity index (χ4n) is 6.95. The molecular weight excluding hydrogens is 538 g/mol. The van der Waals surface area contributed by atoms with Crippen molar-refractivity contribution in [1.29, 1.82) is 0 Å². The van der Waals surface area contributed by atoms with Crippen LogP contribution < -0.4 is 5.32 Å². The first kappa shape index (κ1) is 30.0. The molecule has 1 unspecified atom stereocenters. The monoisotopic (exact) mass is 579 g/mol. The van der Waals surface area contributed by atoms with Crippen LogP contribution in [0.1, 0.15) is 58.1 Å². The van der Waals surface area contributed by atoms with Gasteiger partial charge in [0.2, 0.25) is 17.7 Å². The van der Waals surface area contributed by atoms with Gasteiger partial charge >= 0.3 is 5.97 Å². The molecule has 2 saturated heterocycles. The van der Waals surface area contributed by atoms with E-state index >= 15 is 0 Å². The van der Waals surface area contributed by atoms with Crippen molar-refractivity contribution in [3.8, 4) is 0 Å². The molecule has 4 aliphatic rings. The van der Waals surface area contributed by atoms with Crippen molar-refractivity contribution in [2.75, 3.05) is 19.7 Å². The third-order valence-electron chi connectivity index (χ3n) is 8.93. The number of amides is 3. The number of esters is 1. The molecule has 10 heteroatoms. The summed E-state index contributed by atoms with van der Waals surface area (Å²) in [6, 6.07) is 7.11. The van der Waals surface area contributed by atoms with Gasteiger partial charge in [-0.05, 0) is 32.3 Å². The van der Waals surface area contributed by atoms with Crippen molar-refractivity contribution in [2.24, 2.45) is 11.8 Å². The molecule has 42 heavy (non-hydrogen) atoms. The van der Waals surface area contributed by atoms with Crippen LogP contribution in [0.25, 0.3) is 0 Å². The maximum Gasteiger partial charge on any atom is 0.313 e. The van der Waals surface area contributed by atoms with Gasteiger partial charge in [-0.3, -0.25) is 19.2 Å². The van der Waals surface area contributed by atoms with Gasteiger partial charge in [0.15, 0.2) is 0 Å². The van der Waals surface area contributed by atoms with Crippen LogP contribution in [0.5, 0.6) is 0 Å². The lowest BCUT2D eigenvalue weighted by atomic mass is 9.77. The predicted molar refractivity (Wildman–Crippen MR) is 154 cm³/mol. The summed E-state index contributed by atoms with van der Waals surface area (Å²) in [4.78, 5) is 58.4. The molecule has 226 valence electrons. The Morgan fingerprint density at radius 1 is 1.12 bits per heavy atom. The first-order chi connectivity index (χ1) is 20.2. The minimum atomic E-state index is -1.45. The number of carbonyl (C=O) groups excluding carboxylic acids is 4. The van der Waals surface area contributed by atoms with Gasteiger partial charge in [0.1, 0.15) is 23.7 Å². The van der Waals surface area contributed by atoms with Crippen molar-refractivity contribution >= 4 is 23.7 Å². The Balaban J connectivity index is 1.64. The average Bonchev–Trinajstić information content (AvgIpc) is 3.35. The summed E-state index contributed by atoms with van der Waals surface area (Å²) < 4.78 is 12.5. The lowest BCUT2D eigenvalue weighted by Gasteiger charge is -2.40. The first-order valence-corrected chi connectivity index (χ1v) is 15.0. The number of nitrogens with zero attached hydrogens (tertiary/aromatic N) is 2. The van der Waals surface area contributed by atoms with Gasteiger partial charge in [-0.25, -0.2) is 0 Å². The fourth-order valence-corrected chi connectivity index (χ4v) is 6.95. The highest BCUT2D eigenvalue weighted by molar-refractivity contribution is 5.99. The van der Waals surface area contributed by atoms with Crippen LogP contribution in [0.15, 0.2) is 54.6 Å². The van der Waals surface area contributed by atoms with Gasteiger partial charge in [0.05, 0.1) is 31.2 Å². The number of carbonyl (C=O) groups is 4. The molecule has 1 spiro atoms. The number of cyclic esters (lactones) is 1. The predicted octanol–water partition coefficient (Wildman–Crippen LogP) is 2.29. The number of rotatable bonds is 6. The Kier molecular flexibility index (Phi) is 8.84. The second-order valence-electron chi connectivity index (χ2n) is 11.7. The van der Waals surface area contributed by atoms with Crippen molar-refractivity contribution in [2.45, 2.75) is 82.4 Å². The van der Waals surface area contributed by atoms with E-state index in [1.807, 2.05) is 43.3 Å². The molecule has 0 radical (unpaired) electrons. The SMILES string of the molecule is CCCC(C)N1CC=C[C@@]23O[C@H]4/C=C\CCC(=O)NC[C@H](C)OC(=O)[C@H]4[C@@H]2C(=O)N([C@H](CO)c2ccccc2)[C@H]3C1=O. The number of fused-ring (bicyclic) bond motifs is 2. The topological polar surface area (TPSA) is 125 Å². The summed E-state index contributed by atoms with van der Waals surface area (Å²) >= 11 is 0. The zero-order chi connectivity index (χ0) is 30.0. The molecule has 0 aromatic heterocycles. The van der Waals surface area contributed by atoms with E-state index in [1.54, 1.807) is 30.1 Å². The zero-order valence-corrected chi connectivity index (χ0v) is 24.5. The van der Waals surface area contributed by atoms with Gasteiger partial charge in [0, 0.05) is 19.0 Å². The van der Waals surface area contributed by atoms with E-state index in [0.717, 1.165) is 12.8 Å². The van der Waals surface area contributed by atoms with Gasteiger partial charge in [-0.2, -0.15) is 0 Å². The van der Waals surface area contributed by atoms with Crippen molar-refractivity contribution in [1.82, 2.24) is 15.1 Å². The Hall–Kier alpha value is -3.50. The lowest BCUT2D eigenvalue weighted by molar-refractivity contribution is -0.160. The third-order valence-corrected chi connectivity index (χ3v) is 8.93. The number of likely N-dealkylation sites (tertiary alicyclic amines) is 1. The fraction of sp³-hybridized carbons (Fsp3) is 0.562. The molecule has 0 bridgehead atoms. The molecule has 5 rings (SSSR count). The van der Waals surface area contributed by atoms with Crippen molar-refractivity contribution < 1.29 is 33.8 Å². The molecule has 4 heterocycles. The number of ether oxygens (including phenoxy) is 2. The van der Waals surface area contributed by atoms with Gasteiger partial charge < -0.3 is 29.7 Å². The second-order valence-corrected chi connectivity index (χ2v) is 11.7. The van der Waals surface area contributed by atoms with Crippen LogP contribution in [0.2, 0.25) is 0 Å². The Morgan fingerprint density at radius 3 is 2.60 bits per heavy atom. The minimum absolute atomic E-state index is 0.0899. The number of benzene rings is 1. The van der Waals surface area contributed by atoms with Gasteiger partial charge in [-0.15, -0.1) is 0 Å². The van der Waals surface area contributed by atoms with Crippen molar-refractivity contribution in [3.05, 3.63) is 60.2 Å².